The fourth-order valence-corrected chi connectivity index (χ4v) is 8.78. The van der Waals surface area contributed by atoms with Gasteiger partial charge in [-0.05, 0) is 77.9 Å². The van der Waals surface area contributed by atoms with Gasteiger partial charge in [0.05, 0.1) is 46.0 Å². The van der Waals surface area contributed by atoms with Crippen molar-refractivity contribution in [2.75, 3.05) is 83.7 Å². The van der Waals surface area contributed by atoms with Crippen molar-refractivity contribution in [1.29, 1.82) is 0 Å². The van der Waals surface area contributed by atoms with Gasteiger partial charge < -0.3 is 69.7 Å². The van der Waals surface area contributed by atoms with Crippen molar-refractivity contribution in [1.82, 2.24) is 29.9 Å². The molecule has 76 heavy (non-hydrogen) atoms. The predicted octanol–water partition coefficient (Wildman–Crippen LogP) is -11.6. The number of anilines is 10. The average molecular weight is 1170 g/mol. The zero-order valence-corrected chi connectivity index (χ0v) is 52.1. The number of aliphatic hydroxyl groups excluding tert-OH is 4. The summed E-state index contributed by atoms with van der Waals surface area (Å²) in [6.45, 7) is -1.92. The second-order valence-corrected chi connectivity index (χ2v) is 20.1. The summed E-state index contributed by atoms with van der Waals surface area (Å²) in [6, 6.07) is 16.0. The third-order valence-electron chi connectivity index (χ3n) is 9.59. The van der Waals surface area contributed by atoms with Crippen LogP contribution in [-0.4, -0.2) is 155 Å². The van der Waals surface area contributed by atoms with Gasteiger partial charge >= 0.3 is 118 Å². The Bertz CT molecular complexity index is 3420. The SMILES string of the molecule is O=S(=O)([O-])c1ccc(Nc2nc(Nc3ccc(C=Cc4ccc(Nc5nc(Nc6cccc(S(=O)(=O)[O-])c6)nc(N(CCO)CCO)n5)cc4S(=O)(=O)[O-])c(S(=O)(=O)[O-])c3)nc(N(CCO)CCO)n2)cc1.[Na+].[Na+].[Na+].[Na+]. The van der Waals surface area contributed by atoms with E-state index in [2.05, 4.69) is 51.2 Å². The van der Waals surface area contributed by atoms with Crippen LogP contribution in [0.15, 0.2) is 105 Å². The van der Waals surface area contributed by atoms with Gasteiger partial charge in [0.2, 0.25) is 35.7 Å². The van der Waals surface area contributed by atoms with Crippen LogP contribution in [0.3, 0.4) is 0 Å². The van der Waals surface area contributed by atoms with Crippen LogP contribution in [-0.2, 0) is 40.5 Å². The quantitative estimate of drug-likeness (QED) is 0.0158. The van der Waals surface area contributed by atoms with Crippen LogP contribution in [0, 0.1) is 0 Å². The Morgan fingerprint density at radius 3 is 1.07 bits per heavy atom. The first kappa shape index (κ1) is 69.0. The Morgan fingerprint density at radius 2 is 0.737 bits per heavy atom. The van der Waals surface area contributed by atoms with Gasteiger partial charge in [-0.2, -0.15) is 29.9 Å². The molecule has 4 aromatic carbocycles. The Kier molecular flexibility index (Phi) is 27.7. The molecule has 0 amide bonds. The minimum absolute atomic E-state index is 0. The number of aliphatic hydroxyl groups is 4. The summed E-state index contributed by atoms with van der Waals surface area (Å²) in [7, 11) is -20.2. The number of nitrogens with zero attached hydrogens (tertiary/aromatic N) is 8. The zero-order valence-electron chi connectivity index (χ0n) is 40.8. The molecule has 2 heterocycles. The number of aromatic nitrogens is 6. The molecule has 0 bridgehead atoms. The number of hydrogen-bond acceptors (Lipinski definition) is 28. The molecular formula is C40H40N12Na4O16S4. The Balaban J connectivity index is 0.00000494. The largest absolute Gasteiger partial charge is 1.00 e. The van der Waals surface area contributed by atoms with Gasteiger partial charge in [0, 0.05) is 48.9 Å². The maximum Gasteiger partial charge on any atom is 1.00 e. The Hall–Kier alpha value is -3.08. The van der Waals surface area contributed by atoms with Crippen LogP contribution in [0.25, 0.3) is 12.2 Å². The van der Waals surface area contributed by atoms with E-state index in [-0.39, 0.29) is 214 Å². The normalized spacial score (nSPS) is 11.5. The van der Waals surface area contributed by atoms with E-state index < -0.39 is 86.5 Å². The van der Waals surface area contributed by atoms with E-state index in [0.29, 0.717) is 0 Å². The molecule has 0 aliphatic rings. The maximum atomic E-state index is 12.6. The molecule has 0 radical (unpaired) electrons. The van der Waals surface area contributed by atoms with Gasteiger partial charge in [-0.25, -0.2) is 33.7 Å². The monoisotopic (exact) mass is 1160 g/mol. The summed E-state index contributed by atoms with van der Waals surface area (Å²) >= 11 is 0. The van der Waals surface area contributed by atoms with E-state index in [4.69, 9.17) is 0 Å². The molecule has 0 unspecified atom stereocenters. The van der Waals surface area contributed by atoms with Crippen LogP contribution >= 0.6 is 0 Å². The van der Waals surface area contributed by atoms with Crippen LogP contribution in [0.2, 0.25) is 0 Å². The molecule has 8 N–H and O–H groups in total. The second kappa shape index (κ2) is 30.5. The van der Waals surface area contributed by atoms with Crippen molar-refractivity contribution < 1.29 is 191 Å². The van der Waals surface area contributed by atoms with Crippen molar-refractivity contribution in [3.05, 3.63) is 96.1 Å². The standard InChI is InChI=1S/C40H44N12O16S4.4Na/c53-18-14-51(15-19-54)39-47-35(41-27-10-12-31(13-11-27)69(57,58)59)45-37(49-39)43-29-8-6-25(33(23-29)71(63,64)65)4-5-26-7-9-30(24-34(26)72(66,67)68)44-38-46-36(48-40(50-38)52(16-20-55)17-21-56)42-28-2-1-3-32(22-28)70(60,61)62;;;;/h1-13,22-24,53-56H,14-21H2,(H,57,58,59)(H,60,61,62)(H,63,64,65)(H,66,67,68)(H2,41,43,45,47,49)(H2,42,44,46,48,50);;;;/q;4*+1/p-4. The second-order valence-electron chi connectivity index (χ2n) is 14.6. The molecule has 6 aromatic rings. The molecule has 0 atom stereocenters. The van der Waals surface area contributed by atoms with Crippen molar-refractivity contribution >= 4 is 111 Å². The Labute approximate surface area is 524 Å². The fraction of sp³-hybridized carbons (Fsp3) is 0.200. The molecule has 2 aromatic heterocycles. The number of nitrogens with one attached hydrogen (secondary N) is 4. The van der Waals surface area contributed by atoms with Gasteiger partial charge in [-0.3, -0.25) is 0 Å². The molecule has 28 nitrogen and oxygen atoms in total. The molecule has 36 heteroatoms. The van der Waals surface area contributed by atoms with Crippen LogP contribution < -0.4 is 149 Å². The minimum atomic E-state index is -5.31. The molecule has 0 spiro atoms. The number of benzene rings is 4. The summed E-state index contributed by atoms with van der Waals surface area (Å²) < 4.78 is 145. The third kappa shape index (κ3) is 19.9. The van der Waals surface area contributed by atoms with E-state index >= 15 is 0 Å². The van der Waals surface area contributed by atoms with E-state index in [0.717, 1.165) is 54.6 Å². The Morgan fingerprint density at radius 1 is 0.408 bits per heavy atom. The van der Waals surface area contributed by atoms with Crippen LogP contribution in [0.4, 0.5) is 58.4 Å². The zero-order chi connectivity index (χ0) is 52.4. The van der Waals surface area contributed by atoms with Crippen LogP contribution in [0.5, 0.6) is 0 Å². The van der Waals surface area contributed by atoms with Crippen molar-refractivity contribution in [3.63, 3.8) is 0 Å². The first-order valence-electron chi connectivity index (χ1n) is 20.5. The molecule has 0 aliphatic carbocycles. The van der Waals surface area contributed by atoms with Gasteiger partial charge in [-0.15, -0.1) is 0 Å². The summed E-state index contributed by atoms with van der Waals surface area (Å²) in [5.41, 5.74) is -0.454. The van der Waals surface area contributed by atoms with Gasteiger partial charge in [-0.1, -0.05) is 30.4 Å². The minimum Gasteiger partial charge on any atom is -0.744 e. The molecule has 0 saturated heterocycles. The van der Waals surface area contributed by atoms with Gasteiger partial charge in [0.15, 0.2) is 0 Å². The topological polar surface area (TPSA) is 442 Å². The summed E-state index contributed by atoms with van der Waals surface area (Å²) in [4.78, 5) is 25.5. The predicted molar refractivity (Wildman–Crippen MR) is 252 cm³/mol. The van der Waals surface area contributed by atoms with Crippen molar-refractivity contribution in [3.8, 4) is 0 Å². The van der Waals surface area contributed by atoms with Gasteiger partial charge in [0.25, 0.3) is 0 Å². The summed E-state index contributed by atoms with van der Waals surface area (Å²) in [6.07, 6.45) is 2.11. The molecule has 0 aliphatic heterocycles. The van der Waals surface area contributed by atoms with Crippen molar-refractivity contribution in [2.24, 2.45) is 0 Å². The van der Waals surface area contributed by atoms with E-state index in [1.54, 1.807) is 0 Å². The molecule has 384 valence electrons. The summed E-state index contributed by atoms with van der Waals surface area (Å²) in [5, 5.41) is 49.6. The molecule has 6 rings (SSSR count). The number of hydrogen-bond donors (Lipinski definition) is 8. The molecular weight excluding hydrogens is 1120 g/mol. The first-order valence-corrected chi connectivity index (χ1v) is 26.1. The molecule has 0 fully saturated rings. The van der Waals surface area contributed by atoms with Crippen LogP contribution in [0.1, 0.15) is 11.1 Å². The van der Waals surface area contributed by atoms with E-state index in [1.165, 1.54) is 52.3 Å². The number of rotatable bonds is 24. The summed E-state index contributed by atoms with van der Waals surface area (Å²) in [5.74, 6) is -1.26. The van der Waals surface area contributed by atoms with E-state index in [1.807, 2.05) is 0 Å². The smallest absolute Gasteiger partial charge is 0.744 e. The van der Waals surface area contributed by atoms with E-state index in [9.17, 15) is 72.3 Å². The fourth-order valence-electron chi connectivity index (χ4n) is 6.41. The average Bonchev–Trinajstić information content (AvgIpc) is 3.30. The van der Waals surface area contributed by atoms with Gasteiger partial charge in [0.1, 0.15) is 40.5 Å². The molecule has 0 saturated carbocycles. The first-order chi connectivity index (χ1) is 34.0. The van der Waals surface area contributed by atoms with Crippen molar-refractivity contribution in [2.45, 2.75) is 19.6 Å². The third-order valence-corrected chi connectivity index (χ3v) is 13.1. The maximum absolute atomic E-state index is 12.6.